The first-order chi connectivity index (χ1) is 16.4. The van der Waals surface area contributed by atoms with Gasteiger partial charge in [-0.05, 0) is 49.2 Å². The number of hydrogen-bond acceptors (Lipinski definition) is 9. The molecule has 1 aromatic carbocycles. The Hall–Kier alpha value is -4.12. The van der Waals surface area contributed by atoms with Gasteiger partial charge in [-0.2, -0.15) is 5.10 Å². The highest BCUT2D eigenvalue weighted by Crippen LogP contribution is 2.34. The monoisotopic (exact) mass is 469 g/mol. The highest BCUT2D eigenvalue weighted by molar-refractivity contribution is 5.95. The summed E-state index contributed by atoms with van der Waals surface area (Å²) in [7, 11) is 1.28. The van der Waals surface area contributed by atoms with E-state index in [2.05, 4.69) is 26.1 Å². The zero-order valence-corrected chi connectivity index (χ0v) is 19.1. The van der Waals surface area contributed by atoms with E-state index in [1.54, 1.807) is 55.9 Å². The van der Waals surface area contributed by atoms with Crippen molar-refractivity contribution in [2.75, 3.05) is 20.3 Å². The van der Waals surface area contributed by atoms with Crippen molar-refractivity contribution in [2.24, 2.45) is 5.10 Å². The minimum absolute atomic E-state index is 0.108. The van der Waals surface area contributed by atoms with Gasteiger partial charge in [-0.15, -0.1) is 0 Å². The number of allylic oxidation sites excluding steroid dienone is 1. The van der Waals surface area contributed by atoms with Gasteiger partial charge in [-0.1, -0.05) is 6.07 Å². The molecule has 0 bridgehead atoms. The molecule has 2 amide bonds. The van der Waals surface area contributed by atoms with Gasteiger partial charge in [0.05, 0.1) is 31.5 Å². The second kappa shape index (κ2) is 11.7. The summed E-state index contributed by atoms with van der Waals surface area (Å²) in [4.78, 5) is 28.3. The Bertz CT molecular complexity index is 1070. The number of amides is 2. The van der Waals surface area contributed by atoms with Crippen LogP contribution in [0.5, 0.6) is 11.5 Å². The van der Waals surface area contributed by atoms with Crippen LogP contribution in [0.15, 0.2) is 59.1 Å². The summed E-state index contributed by atoms with van der Waals surface area (Å²) in [6.45, 7) is 3.69. The molecule has 34 heavy (non-hydrogen) atoms. The van der Waals surface area contributed by atoms with Crippen molar-refractivity contribution in [3.8, 4) is 11.5 Å². The van der Waals surface area contributed by atoms with E-state index in [-0.39, 0.29) is 12.2 Å². The van der Waals surface area contributed by atoms with Crippen LogP contribution in [-0.4, -0.2) is 54.9 Å². The first-order valence-electron chi connectivity index (χ1n) is 10.6. The third-order valence-electron chi connectivity index (χ3n) is 4.82. The van der Waals surface area contributed by atoms with E-state index < -0.39 is 24.3 Å². The fraction of sp³-hybridized carbons (Fsp3) is 0.304. The number of aliphatic hydroxyl groups is 1. The Morgan fingerprint density at radius 3 is 2.74 bits per heavy atom. The van der Waals surface area contributed by atoms with E-state index in [0.29, 0.717) is 29.4 Å². The highest BCUT2D eigenvalue weighted by Gasteiger charge is 2.32. The largest absolute Gasteiger partial charge is 0.490 e. The van der Waals surface area contributed by atoms with Crippen molar-refractivity contribution >= 4 is 18.2 Å². The molecule has 3 rings (SSSR count). The number of methoxy groups -OCH3 is 1. The molecule has 1 aliphatic heterocycles. The smallest absolute Gasteiger partial charge is 0.337 e. The summed E-state index contributed by atoms with van der Waals surface area (Å²) < 4.78 is 16.3. The molecule has 4 N–H and O–H groups in total. The molecule has 180 valence electrons. The van der Waals surface area contributed by atoms with Gasteiger partial charge in [0.2, 0.25) is 0 Å². The zero-order valence-electron chi connectivity index (χ0n) is 19.1. The minimum atomic E-state index is -1.08. The van der Waals surface area contributed by atoms with Gasteiger partial charge < -0.3 is 30.0 Å². The fourth-order valence-electron chi connectivity index (χ4n) is 3.27. The molecule has 2 aromatic rings. The van der Waals surface area contributed by atoms with Crippen molar-refractivity contribution in [3.05, 3.63) is 65.1 Å². The molecule has 11 heteroatoms. The van der Waals surface area contributed by atoms with Crippen LogP contribution < -0.4 is 25.5 Å². The summed E-state index contributed by atoms with van der Waals surface area (Å²) >= 11 is 0. The summed E-state index contributed by atoms with van der Waals surface area (Å²) in [5.74, 6) is 0.210. The van der Waals surface area contributed by atoms with Gasteiger partial charge in [-0.25, -0.2) is 9.59 Å². The van der Waals surface area contributed by atoms with Crippen LogP contribution in [0.1, 0.15) is 31.0 Å². The maximum Gasteiger partial charge on any atom is 0.337 e. The van der Waals surface area contributed by atoms with Crippen LogP contribution in [0.25, 0.3) is 0 Å². The standard InChI is InChI=1S/C23H27N5O6/c1-4-33-18-11-16(21-20(22(30)32-3)14(2)26-23(31)27-21)5-6-17(18)34-13-19(29)28-25-12-15-7-9-24-10-8-15/h5-12,19,21,28-29H,4,13H2,1-3H3,(H2,26,27,31)/b25-12-/t19-,21+/m1/s1. The number of hydrogen-bond donors (Lipinski definition) is 4. The van der Waals surface area contributed by atoms with Gasteiger partial charge in [0.1, 0.15) is 6.61 Å². The predicted octanol–water partition coefficient (Wildman–Crippen LogP) is 1.60. The van der Waals surface area contributed by atoms with Gasteiger partial charge in [-0.3, -0.25) is 10.4 Å². The number of rotatable bonds is 10. The number of benzene rings is 1. The number of carbonyl (C=O) groups excluding carboxylic acids is 2. The quantitative estimate of drug-likeness (QED) is 0.178. The predicted molar refractivity (Wildman–Crippen MR) is 123 cm³/mol. The number of carbonyl (C=O) groups is 2. The number of nitrogens with zero attached hydrogens (tertiary/aromatic N) is 2. The van der Waals surface area contributed by atoms with E-state index >= 15 is 0 Å². The van der Waals surface area contributed by atoms with Gasteiger partial charge in [0.15, 0.2) is 17.7 Å². The van der Waals surface area contributed by atoms with E-state index in [1.165, 1.54) is 7.11 Å². The maximum atomic E-state index is 12.3. The van der Waals surface area contributed by atoms with Crippen molar-refractivity contribution in [1.82, 2.24) is 21.0 Å². The molecule has 1 aliphatic rings. The van der Waals surface area contributed by atoms with Crippen LogP contribution >= 0.6 is 0 Å². The first-order valence-corrected chi connectivity index (χ1v) is 10.6. The number of nitrogens with one attached hydrogen (secondary N) is 3. The average Bonchev–Trinajstić information content (AvgIpc) is 2.83. The zero-order chi connectivity index (χ0) is 24.5. The normalized spacial score (nSPS) is 16.5. The van der Waals surface area contributed by atoms with Crippen LogP contribution in [-0.2, 0) is 9.53 Å². The molecule has 0 aliphatic carbocycles. The molecular weight excluding hydrogens is 442 g/mol. The lowest BCUT2D eigenvalue weighted by Crippen LogP contribution is -2.45. The van der Waals surface area contributed by atoms with E-state index in [0.717, 1.165) is 5.56 Å². The summed E-state index contributed by atoms with van der Waals surface area (Å²) in [6.07, 6.45) is 3.75. The Morgan fingerprint density at radius 2 is 2.03 bits per heavy atom. The maximum absolute atomic E-state index is 12.3. The molecule has 2 atom stereocenters. The number of ether oxygens (including phenoxy) is 3. The van der Waals surface area contributed by atoms with Crippen LogP contribution in [0.4, 0.5) is 4.79 Å². The van der Waals surface area contributed by atoms with E-state index in [9.17, 15) is 14.7 Å². The minimum Gasteiger partial charge on any atom is -0.490 e. The van der Waals surface area contributed by atoms with Gasteiger partial charge in [0, 0.05) is 18.1 Å². The lowest BCUT2D eigenvalue weighted by molar-refractivity contribution is -0.136. The SMILES string of the molecule is CCOc1cc([C@@H]2NC(=O)NC(C)=C2C(=O)OC)ccc1OC[C@@H](O)N/N=C\c1ccncc1. The number of urea groups is 1. The Morgan fingerprint density at radius 1 is 1.26 bits per heavy atom. The number of esters is 1. The van der Waals surface area contributed by atoms with Crippen molar-refractivity contribution in [2.45, 2.75) is 26.1 Å². The lowest BCUT2D eigenvalue weighted by Gasteiger charge is -2.28. The van der Waals surface area contributed by atoms with E-state index in [4.69, 9.17) is 14.2 Å². The molecule has 0 spiro atoms. The number of hydrazone groups is 1. The second-order valence-electron chi connectivity index (χ2n) is 7.20. The van der Waals surface area contributed by atoms with Crippen molar-refractivity contribution < 1.29 is 28.9 Å². The van der Waals surface area contributed by atoms with Crippen LogP contribution in [0.3, 0.4) is 0 Å². The van der Waals surface area contributed by atoms with Gasteiger partial charge in [0.25, 0.3) is 0 Å². The molecule has 0 saturated heterocycles. The third kappa shape index (κ3) is 6.23. The highest BCUT2D eigenvalue weighted by atomic mass is 16.5. The molecular formula is C23H27N5O6. The molecule has 0 radical (unpaired) electrons. The summed E-state index contributed by atoms with van der Waals surface area (Å²) in [5, 5.41) is 19.4. The first kappa shape index (κ1) is 24.5. The second-order valence-corrected chi connectivity index (χ2v) is 7.20. The average molecular weight is 469 g/mol. The Labute approximate surface area is 196 Å². The summed E-state index contributed by atoms with van der Waals surface area (Å²) in [5.41, 5.74) is 4.69. The Balaban J connectivity index is 1.72. The number of aliphatic hydroxyl groups excluding tert-OH is 1. The fourth-order valence-corrected chi connectivity index (χ4v) is 3.27. The number of aromatic nitrogens is 1. The van der Waals surface area contributed by atoms with Crippen molar-refractivity contribution in [3.63, 3.8) is 0 Å². The van der Waals surface area contributed by atoms with Crippen molar-refractivity contribution in [1.29, 1.82) is 0 Å². The van der Waals surface area contributed by atoms with Crippen LogP contribution in [0.2, 0.25) is 0 Å². The number of pyridine rings is 1. The molecule has 2 heterocycles. The summed E-state index contributed by atoms with van der Waals surface area (Å²) in [6, 6.07) is 7.40. The molecule has 0 unspecified atom stereocenters. The molecule has 0 saturated carbocycles. The topological polar surface area (TPSA) is 143 Å². The van der Waals surface area contributed by atoms with E-state index in [1.807, 2.05) is 6.92 Å². The molecule has 11 nitrogen and oxygen atoms in total. The molecule has 0 fully saturated rings. The van der Waals surface area contributed by atoms with Crippen LogP contribution in [0, 0.1) is 0 Å². The lowest BCUT2D eigenvalue weighted by atomic mass is 9.95. The Kier molecular flexibility index (Phi) is 8.41. The third-order valence-corrected chi connectivity index (χ3v) is 4.82. The molecule has 1 aromatic heterocycles. The van der Waals surface area contributed by atoms with Gasteiger partial charge >= 0.3 is 12.0 Å².